The van der Waals surface area contributed by atoms with E-state index in [2.05, 4.69) is 4.74 Å². The van der Waals surface area contributed by atoms with E-state index in [4.69, 9.17) is 9.47 Å². The predicted octanol–water partition coefficient (Wildman–Crippen LogP) is 1.47. The maximum absolute atomic E-state index is 13.3. The van der Waals surface area contributed by atoms with Gasteiger partial charge < -0.3 is 19.5 Å². The number of ether oxygens (including phenoxy) is 3. The second-order valence-electron chi connectivity index (χ2n) is 4.05. The van der Waals surface area contributed by atoms with E-state index in [9.17, 15) is 22.8 Å². The first-order chi connectivity index (χ1) is 10.5. The average molecular weight is 317 g/mol. The summed E-state index contributed by atoms with van der Waals surface area (Å²) in [6.07, 6.45) is 1.04. The molecule has 0 atom stereocenters. The van der Waals surface area contributed by atoms with Crippen LogP contribution in [0.25, 0.3) is 0 Å². The molecule has 1 N–H and O–H groups in total. The average Bonchev–Trinajstić information content (AvgIpc) is 2.54. The zero-order valence-corrected chi connectivity index (χ0v) is 11.0. The van der Waals surface area contributed by atoms with Gasteiger partial charge in [-0.1, -0.05) is 0 Å². The van der Waals surface area contributed by atoms with Crippen molar-refractivity contribution in [3.8, 4) is 0 Å². The standard InChI is InChI=1S/C13H10F3NO5/c14-7-1-2-8(12(16)11(7)15)17-10(18)6-22-13(19)9-5-20-3-4-21-9/h1-2,5H,3-4,6H2,(H,17,18). The summed E-state index contributed by atoms with van der Waals surface area (Å²) in [5, 5.41) is 1.95. The smallest absolute Gasteiger partial charge is 0.377 e. The van der Waals surface area contributed by atoms with Gasteiger partial charge >= 0.3 is 5.97 Å². The van der Waals surface area contributed by atoms with Crippen molar-refractivity contribution in [3.63, 3.8) is 0 Å². The van der Waals surface area contributed by atoms with Crippen molar-refractivity contribution in [2.45, 2.75) is 0 Å². The summed E-state index contributed by atoms with van der Waals surface area (Å²) in [7, 11) is 0. The highest BCUT2D eigenvalue weighted by molar-refractivity contribution is 5.94. The van der Waals surface area contributed by atoms with Crippen LogP contribution >= 0.6 is 0 Å². The Hall–Kier alpha value is -2.71. The molecule has 1 aromatic carbocycles. The van der Waals surface area contributed by atoms with E-state index < -0.39 is 41.6 Å². The fourth-order valence-electron chi connectivity index (χ4n) is 1.49. The Labute approximate surface area is 122 Å². The van der Waals surface area contributed by atoms with Crippen LogP contribution in [0.5, 0.6) is 0 Å². The van der Waals surface area contributed by atoms with Gasteiger partial charge in [-0.15, -0.1) is 0 Å². The van der Waals surface area contributed by atoms with Crippen molar-refractivity contribution >= 4 is 17.6 Å². The first-order valence-electron chi connectivity index (χ1n) is 6.04. The topological polar surface area (TPSA) is 73.9 Å². The van der Waals surface area contributed by atoms with Crippen LogP contribution in [0.3, 0.4) is 0 Å². The number of amides is 1. The molecule has 0 saturated carbocycles. The van der Waals surface area contributed by atoms with Crippen LogP contribution in [-0.4, -0.2) is 31.7 Å². The van der Waals surface area contributed by atoms with Gasteiger partial charge in [-0.05, 0) is 12.1 Å². The number of anilines is 1. The number of halogens is 3. The van der Waals surface area contributed by atoms with Gasteiger partial charge in [-0.2, -0.15) is 0 Å². The number of carbonyl (C=O) groups excluding carboxylic acids is 2. The Bertz CT molecular complexity index is 632. The minimum atomic E-state index is -1.72. The lowest BCUT2D eigenvalue weighted by Crippen LogP contribution is -2.24. The maximum atomic E-state index is 13.3. The predicted molar refractivity (Wildman–Crippen MR) is 65.9 cm³/mol. The summed E-state index contributed by atoms with van der Waals surface area (Å²) < 4.78 is 53.4. The Kier molecular flexibility index (Phi) is 4.87. The summed E-state index contributed by atoms with van der Waals surface area (Å²) in [4.78, 5) is 22.9. The summed E-state index contributed by atoms with van der Waals surface area (Å²) in [5.41, 5.74) is -0.573. The Morgan fingerprint density at radius 1 is 1.18 bits per heavy atom. The van der Waals surface area contributed by atoms with Crippen molar-refractivity contribution in [2.75, 3.05) is 25.1 Å². The minimum Gasteiger partial charge on any atom is -0.493 e. The first kappa shape index (κ1) is 15.7. The highest BCUT2D eigenvalue weighted by atomic mass is 19.2. The van der Waals surface area contributed by atoms with Gasteiger partial charge in [-0.3, -0.25) is 4.79 Å². The molecular weight excluding hydrogens is 307 g/mol. The molecule has 0 aliphatic carbocycles. The van der Waals surface area contributed by atoms with Crippen LogP contribution in [0, 0.1) is 17.5 Å². The summed E-state index contributed by atoms with van der Waals surface area (Å²) in [5.74, 6) is -6.74. The van der Waals surface area contributed by atoms with Gasteiger partial charge in [0.25, 0.3) is 5.91 Å². The molecule has 0 bridgehead atoms. The number of nitrogens with one attached hydrogen (secondary N) is 1. The van der Waals surface area contributed by atoms with Crippen LogP contribution in [0.15, 0.2) is 24.2 Å². The highest BCUT2D eigenvalue weighted by Gasteiger charge is 2.19. The zero-order valence-electron chi connectivity index (χ0n) is 11.0. The molecule has 0 unspecified atom stereocenters. The molecule has 1 aliphatic rings. The molecule has 1 amide bonds. The number of hydrogen-bond acceptors (Lipinski definition) is 5. The fraction of sp³-hybridized carbons (Fsp3) is 0.231. The largest absolute Gasteiger partial charge is 0.493 e. The molecular formula is C13H10F3NO5. The molecule has 1 heterocycles. The van der Waals surface area contributed by atoms with E-state index in [1.807, 2.05) is 5.32 Å². The van der Waals surface area contributed by atoms with Crippen molar-refractivity contribution in [1.29, 1.82) is 0 Å². The maximum Gasteiger partial charge on any atom is 0.377 e. The molecule has 0 saturated heterocycles. The molecule has 6 nitrogen and oxygen atoms in total. The molecule has 0 aromatic heterocycles. The second-order valence-corrected chi connectivity index (χ2v) is 4.05. The Morgan fingerprint density at radius 2 is 1.95 bits per heavy atom. The van der Waals surface area contributed by atoms with Crippen molar-refractivity contribution in [2.24, 2.45) is 0 Å². The van der Waals surface area contributed by atoms with Crippen molar-refractivity contribution in [1.82, 2.24) is 0 Å². The number of hydrogen-bond donors (Lipinski definition) is 1. The van der Waals surface area contributed by atoms with Gasteiger partial charge in [0.15, 0.2) is 24.1 Å². The third-order valence-corrected chi connectivity index (χ3v) is 2.49. The number of benzene rings is 1. The summed E-state index contributed by atoms with van der Waals surface area (Å²) >= 11 is 0. The first-order valence-corrected chi connectivity index (χ1v) is 6.04. The number of carbonyl (C=O) groups is 2. The van der Waals surface area contributed by atoms with E-state index >= 15 is 0 Å². The fourth-order valence-corrected chi connectivity index (χ4v) is 1.49. The molecule has 1 aromatic rings. The number of rotatable bonds is 4. The van der Waals surface area contributed by atoms with E-state index in [-0.39, 0.29) is 19.0 Å². The summed E-state index contributed by atoms with van der Waals surface area (Å²) in [6, 6.07) is 1.49. The van der Waals surface area contributed by atoms with Crippen LogP contribution in [-0.2, 0) is 23.8 Å². The van der Waals surface area contributed by atoms with Gasteiger partial charge in [0.2, 0.25) is 5.76 Å². The lowest BCUT2D eigenvalue weighted by Gasteiger charge is -2.14. The quantitative estimate of drug-likeness (QED) is 0.672. The normalized spacial score (nSPS) is 13.5. The molecule has 118 valence electrons. The molecule has 0 spiro atoms. The second kappa shape index (κ2) is 6.83. The van der Waals surface area contributed by atoms with Gasteiger partial charge in [0, 0.05) is 0 Å². The highest BCUT2D eigenvalue weighted by Crippen LogP contribution is 2.19. The van der Waals surface area contributed by atoms with Crippen LogP contribution in [0.4, 0.5) is 18.9 Å². The van der Waals surface area contributed by atoms with Crippen LogP contribution < -0.4 is 5.32 Å². The Balaban J connectivity index is 1.89. The third-order valence-electron chi connectivity index (χ3n) is 2.49. The lowest BCUT2D eigenvalue weighted by molar-refractivity contribution is -0.148. The van der Waals surface area contributed by atoms with E-state index in [0.29, 0.717) is 6.07 Å². The third kappa shape index (κ3) is 3.68. The molecule has 0 radical (unpaired) electrons. The van der Waals surface area contributed by atoms with Gasteiger partial charge in [0.1, 0.15) is 19.5 Å². The molecule has 0 fully saturated rings. The van der Waals surface area contributed by atoms with E-state index in [0.717, 1.165) is 12.3 Å². The summed E-state index contributed by atoms with van der Waals surface area (Å²) in [6.45, 7) is -0.322. The SMILES string of the molecule is O=C(COC(=O)C1=COCCO1)Nc1ccc(F)c(F)c1F. The van der Waals surface area contributed by atoms with E-state index in [1.54, 1.807) is 0 Å². The van der Waals surface area contributed by atoms with Crippen molar-refractivity contribution < 1.29 is 37.0 Å². The minimum absolute atomic E-state index is 0.160. The molecule has 9 heteroatoms. The zero-order chi connectivity index (χ0) is 16.1. The van der Waals surface area contributed by atoms with Crippen molar-refractivity contribution in [3.05, 3.63) is 41.6 Å². The Morgan fingerprint density at radius 3 is 2.64 bits per heavy atom. The lowest BCUT2D eigenvalue weighted by atomic mass is 10.3. The monoisotopic (exact) mass is 317 g/mol. The molecule has 1 aliphatic heterocycles. The van der Waals surface area contributed by atoms with Gasteiger partial charge in [0.05, 0.1) is 5.69 Å². The van der Waals surface area contributed by atoms with Gasteiger partial charge in [-0.25, -0.2) is 18.0 Å². The van der Waals surface area contributed by atoms with E-state index in [1.165, 1.54) is 0 Å². The van der Waals surface area contributed by atoms with Crippen LogP contribution in [0.2, 0.25) is 0 Å². The number of esters is 1. The molecule has 22 heavy (non-hydrogen) atoms. The van der Waals surface area contributed by atoms with Crippen LogP contribution in [0.1, 0.15) is 0 Å². The molecule has 2 rings (SSSR count).